The Morgan fingerprint density at radius 2 is 1.73 bits per heavy atom. The van der Waals surface area contributed by atoms with E-state index >= 15 is 0 Å². The number of hydrogen-bond acceptors (Lipinski definition) is 0. The Morgan fingerprint density at radius 3 is 2.27 bits per heavy atom. The first kappa shape index (κ1) is 8.82. The molecule has 1 aromatic carbocycles. The highest BCUT2D eigenvalue weighted by Crippen LogP contribution is 2.16. The highest BCUT2D eigenvalue weighted by Gasteiger charge is 2.03. The molecule has 1 rings (SSSR count). The second-order valence-electron chi connectivity index (χ2n) is 3.05. The summed E-state index contributed by atoms with van der Waals surface area (Å²) in [7, 11) is 1.09. The van der Waals surface area contributed by atoms with Crippen molar-refractivity contribution in [1.29, 1.82) is 0 Å². The van der Waals surface area contributed by atoms with Gasteiger partial charge >= 0.3 is 0 Å². The zero-order valence-electron chi connectivity index (χ0n) is 7.46. The summed E-state index contributed by atoms with van der Waals surface area (Å²) < 4.78 is 0. The Kier molecular flexibility index (Phi) is 2.40. The van der Waals surface area contributed by atoms with Crippen molar-refractivity contribution in [3.63, 3.8) is 0 Å². The van der Waals surface area contributed by atoms with Crippen molar-refractivity contribution in [2.45, 2.75) is 20.8 Å². The van der Waals surface area contributed by atoms with E-state index in [1.54, 1.807) is 0 Å². The quantitative estimate of drug-likeness (QED) is 0.533. The number of benzene rings is 1. The maximum absolute atomic E-state index is 6.01. The van der Waals surface area contributed by atoms with Crippen molar-refractivity contribution in [2.24, 2.45) is 0 Å². The normalized spacial score (nSPS) is 10.5. The third kappa shape index (κ3) is 1.49. The van der Waals surface area contributed by atoms with Gasteiger partial charge in [-0.25, -0.2) is 0 Å². The van der Waals surface area contributed by atoms with E-state index in [1.807, 2.05) is 6.07 Å². The van der Waals surface area contributed by atoms with Gasteiger partial charge < -0.3 is 0 Å². The monoisotopic (exact) mass is 184 g/mol. The third-order valence-electron chi connectivity index (χ3n) is 2.42. The summed E-state index contributed by atoms with van der Waals surface area (Å²) in [5.74, 6) is 0. The minimum atomic E-state index is 0.915. The van der Waals surface area contributed by atoms with Crippen molar-refractivity contribution in [2.75, 3.05) is 0 Å². The molecule has 0 aromatic heterocycles. The van der Waals surface area contributed by atoms with Crippen LogP contribution in [0.3, 0.4) is 0 Å². The molecule has 0 aliphatic rings. The van der Waals surface area contributed by atoms with Gasteiger partial charge in [0.05, 0.1) is 0 Å². The molecule has 0 radical (unpaired) electrons. The number of rotatable bonds is 0. The minimum absolute atomic E-state index is 0.915. The largest absolute Gasteiger partial charge is 0.0840 e. The third-order valence-corrected chi connectivity index (χ3v) is 4.31. The van der Waals surface area contributed by atoms with Crippen LogP contribution in [0.15, 0.2) is 6.07 Å². The summed E-state index contributed by atoms with van der Waals surface area (Å²) >= 11 is 6.01. The van der Waals surface area contributed by atoms with Crippen LogP contribution in [0, 0.1) is 20.8 Å². The van der Waals surface area contributed by atoms with Crippen LogP contribution < -0.4 is 5.19 Å². The maximum Gasteiger partial charge on any atom is 0.0436 e. The molecule has 0 N–H and O–H groups in total. The highest BCUT2D eigenvalue weighted by molar-refractivity contribution is 6.38. The van der Waals surface area contributed by atoms with E-state index in [-0.39, 0.29) is 0 Å². The fourth-order valence-corrected chi connectivity index (χ4v) is 2.29. The summed E-state index contributed by atoms with van der Waals surface area (Å²) in [5, 5.41) is 2.37. The molecule has 2 heteroatoms. The molecule has 0 atom stereocenters. The lowest BCUT2D eigenvalue weighted by Gasteiger charge is -2.09. The molecule has 1 aromatic rings. The Labute approximate surface area is 76.0 Å². The van der Waals surface area contributed by atoms with Crippen LogP contribution in [0.2, 0.25) is 5.02 Å². The molecule has 11 heavy (non-hydrogen) atoms. The van der Waals surface area contributed by atoms with Crippen LogP contribution in [0.25, 0.3) is 0 Å². The summed E-state index contributed by atoms with van der Waals surface area (Å²) in [6.07, 6.45) is 0. The fourth-order valence-electron chi connectivity index (χ4n) is 1.16. The lowest BCUT2D eigenvalue weighted by molar-refractivity contribution is 1.33. The van der Waals surface area contributed by atoms with E-state index in [0.717, 1.165) is 15.3 Å². The lowest BCUT2D eigenvalue weighted by atomic mass is 10.1. The van der Waals surface area contributed by atoms with Gasteiger partial charge in [-0.15, -0.1) is 0 Å². The minimum Gasteiger partial charge on any atom is -0.0840 e. The van der Waals surface area contributed by atoms with Gasteiger partial charge in [0.25, 0.3) is 0 Å². The van der Waals surface area contributed by atoms with Gasteiger partial charge in [-0.1, -0.05) is 16.8 Å². The molecule has 0 nitrogen and oxygen atoms in total. The van der Waals surface area contributed by atoms with Crippen molar-refractivity contribution in [1.82, 2.24) is 0 Å². The number of aryl methyl sites for hydroxylation is 1. The van der Waals surface area contributed by atoms with Crippen molar-refractivity contribution < 1.29 is 0 Å². The van der Waals surface area contributed by atoms with Crippen LogP contribution >= 0.6 is 11.6 Å². The molecule has 0 fully saturated rings. The molecule has 0 unspecified atom stereocenters. The zero-order chi connectivity index (χ0) is 8.59. The van der Waals surface area contributed by atoms with Crippen LogP contribution in [-0.2, 0) is 0 Å². The van der Waals surface area contributed by atoms with E-state index in [0.29, 0.717) is 0 Å². The van der Waals surface area contributed by atoms with Gasteiger partial charge in [0.2, 0.25) is 0 Å². The second kappa shape index (κ2) is 3.00. The van der Waals surface area contributed by atoms with Crippen LogP contribution in [-0.4, -0.2) is 10.2 Å². The Hall–Kier alpha value is -0.273. The van der Waals surface area contributed by atoms with Crippen molar-refractivity contribution >= 4 is 27.0 Å². The first-order valence-corrected chi connectivity index (χ1v) is 5.14. The molecular weight excluding hydrogens is 172 g/mol. The van der Waals surface area contributed by atoms with E-state index < -0.39 is 0 Å². The lowest BCUT2D eigenvalue weighted by Crippen LogP contribution is -2.13. The molecule has 0 aliphatic carbocycles. The Balaban J connectivity index is 3.46. The Morgan fingerprint density at radius 1 is 1.18 bits per heavy atom. The molecule has 0 bridgehead atoms. The molecule has 0 amide bonds. The predicted octanol–water partition coefficient (Wildman–Crippen LogP) is 1.26. The first-order valence-electron chi connectivity index (χ1n) is 3.77. The van der Waals surface area contributed by atoms with Crippen LogP contribution in [0.5, 0.6) is 0 Å². The van der Waals surface area contributed by atoms with Gasteiger partial charge in [0.15, 0.2) is 0 Å². The van der Waals surface area contributed by atoms with Gasteiger partial charge in [-0.05, 0) is 43.5 Å². The average molecular weight is 185 g/mol. The van der Waals surface area contributed by atoms with E-state index in [2.05, 4.69) is 20.8 Å². The van der Waals surface area contributed by atoms with Gasteiger partial charge in [0, 0.05) is 15.3 Å². The SMILES string of the molecule is Cc1cc(Cl)c(C)c([SiH3])c1C. The molecule has 0 heterocycles. The van der Waals surface area contributed by atoms with Gasteiger partial charge in [0.1, 0.15) is 0 Å². The van der Waals surface area contributed by atoms with Gasteiger partial charge in [-0.3, -0.25) is 0 Å². The van der Waals surface area contributed by atoms with Crippen LogP contribution in [0.4, 0.5) is 0 Å². The maximum atomic E-state index is 6.01. The summed E-state index contributed by atoms with van der Waals surface area (Å²) in [4.78, 5) is 0. The van der Waals surface area contributed by atoms with Crippen LogP contribution in [0.1, 0.15) is 16.7 Å². The predicted molar refractivity (Wildman–Crippen MR) is 55.2 cm³/mol. The van der Waals surface area contributed by atoms with E-state index in [1.165, 1.54) is 21.9 Å². The topological polar surface area (TPSA) is 0 Å². The summed E-state index contributed by atoms with van der Waals surface area (Å²) in [6.45, 7) is 6.38. The van der Waals surface area contributed by atoms with Crippen molar-refractivity contribution in [3.8, 4) is 0 Å². The average Bonchev–Trinajstić information content (AvgIpc) is 1.97. The molecule has 0 spiro atoms. The number of hydrogen-bond donors (Lipinski definition) is 0. The smallest absolute Gasteiger partial charge is 0.0436 e. The van der Waals surface area contributed by atoms with E-state index in [4.69, 9.17) is 11.6 Å². The second-order valence-corrected chi connectivity index (χ2v) is 4.46. The first-order chi connectivity index (χ1) is 5.04. The summed E-state index contributed by atoms with van der Waals surface area (Å²) in [6, 6.07) is 2.05. The molecule has 0 saturated carbocycles. The fraction of sp³-hybridized carbons (Fsp3) is 0.333. The number of halogens is 1. The zero-order valence-corrected chi connectivity index (χ0v) is 10.2. The van der Waals surface area contributed by atoms with Crippen molar-refractivity contribution in [3.05, 3.63) is 27.8 Å². The standard InChI is InChI=1S/C9H13ClSi/c1-5-4-8(10)7(3)9(11)6(5)2/h4H,1-3,11H3. The highest BCUT2D eigenvalue weighted by atomic mass is 35.5. The van der Waals surface area contributed by atoms with E-state index in [9.17, 15) is 0 Å². The summed E-state index contributed by atoms with van der Waals surface area (Å²) in [5.41, 5.74) is 3.99. The molecular formula is C9H13ClSi. The van der Waals surface area contributed by atoms with Gasteiger partial charge in [-0.2, -0.15) is 0 Å². The molecule has 0 saturated heterocycles. The molecule has 60 valence electrons. The Bertz CT molecular complexity index is 266. The molecule has 0 aliphatic heterocycles.